The quantitative estimate of drug-likeness (QED) is 0.302. The molecule has 0 bridgehead atoms. The molecule has 0 amide bonds. The molecule has 2 aromatic carbocycles. The maximum absolute atomic E-state index is 6.16. The van der Waals surface area contributed by atoms with Gasteiger partial charge in [0.05, 0.1) is 5.69 Å². The summed E-state index contributed by atoms with van der Waals surface area (Å²) in [5.74, 6) is 0.827. The molecule has 0 aliphatic rings. The lowest BCUT2D eigenvalue weighted by atomic mass is 10.1. The summed E-state index contributed by atoms with van der Waals surface area (Å²) >= 11 is 0. The Morgan fingerprint density at radius 2 is 1.52 bits per heavy atom. The van der Waals surface area contributed by atoms with E-state index in [4.69, 9.17) is 13.8 Å². The number of aromatic nitrogens is 2. The second-order valence-electron chi connectivity index (χ2n) is 8.17. The Balaban J connectivity index is 1.52. The Labute approximate surface area is 179 Å². The van der Waals surface area contributed by atoms with Crippen LogP contribution in [0.3, 0.4) is 0 Å². The predicted molar refractivity (Wildman–Crippen MR) is 124 cm³/mol. The molecule has 0 N–H and O–H groups in total. The molecule has 6 aromatic rings. The van der Waals surface area contributed by atoms with Gasteiger partial charge < -0.3 is 8.83 Å². The number of nitrogens with zero attached hydrogens (tertiary/aromatic N) is 2. The molecule has 0 aliphatic carbocycles. The van der Waals surface area contributed by atoms with Crippen LogP contribution >= 0.6 is 0 Å². The average Bonchev–Trinajstić information content (AvgIpc) is 3.33. The van der Waals surface area contributed by atoms with Gasteiger partial charge in [-0.3, -0.25) is 0 Å². The third-order valence-electron chi connectivity index (χ3n) is 5.67. The normalized spacial score (nSPS) is 11.7. The molecule has 0 saturated heterocycles. The van der Waals surface area contributed by atoms with Gasteiger partial charge in [0.2, 0.25) is 11.4 Å². The van der Waals surface area contributed by atoms with Crippen molar-refractivity contribution in [2.24, 2.45) is 0 Å². The van der Waals surface area contributed by atoms with E-state index in [1.54, 1.807) is 0 Å². The van der Waals surface area contributed by atoms with Gasteiger partial charge >= 0.3 is 0 Å². The van der Waals surface area contributed by atoms with Crippen LogP contribution in [-0.2, 0) is 0 Å². The van der Waals surface area contributed by atoms with Gasteiger partial charge in [-0.15, -0.1) is 0 Å². The zero-order valence-electron chi connectivity index (χ0n) is 17.6. The topological polar surface area (TPSA) is 52.1 Å². The first kappa shape index (κ1) is 17.9. The summed E-state index contributed by atoms with van der Waals surface area (Å²) in [6, 6.07) is 22.7. The van der Waals surface area contributed by atoms with E-state index in [0.717, 1.165) is 50.0 Å². The highest BCUT2D eigenvalue weighted by Crippen LogP contribution is 2.36. The number of aryl methyl sites for hydroxylation is 3. The lowest BCUT2D eigenvalue weighted by Crippen LogP contribution is -1.83. The van der Waals surface area contributed by atoms with Gasteiger partial charge in [-0.2, -0.15) is 0 Å². The molecule has 4 nitrogen and oxygen atoms in total. The molecular formula is C27H20N2O2. The fraction of sp³-hybridized carbons (Fsp3) is 0.111. The van der Waals surface area contributed by atoms with Gasteiger partial charge in [0.15, 0.2) is 0 Å². The Bertz CT molecular complexity index is 1600. The molecule has 0 radical (unpaired) electrons. The monoisotopic (exact) mass is 404 g/mol. The summed E-state index contributed by atoms with van der Waals surface area (Å²) in [6.45, 7) is 6.16. The highest BCUT2D eigenvalue weighted by atomic mass is 16.3. The van der Waals surface area contributed by atoms with Gasteiger partial charge in [-0.05, 0) is 69.3 Å². The van der Waals surface area contributed by atoms with Gasteiger partial charge in [0, 0.05) is 33.0 Å². The van der Waals surface area contributed by atoms with Crippen molar-refractivity contribution in [2.75, 3.05) is 0 Å². The van der Waals surface area contributed by atoms with Crippen LogP contribution in [-0.4, -0.2) is 9.97 Å². The lowest BCUT2D eigenvalue weighted by Gasteiger charge is -2.02. The van der Waals surface area contributed by atoms with E-state index >= 15 is 0 Å². The molecule has 4 heteroatoms. The minimum Gasteiger partial charge on any atom is -0.438 e. The average molecular weight is 404 g/mol. The fourth-order valence-electron chi connectivity index (χ4n) is 4.30. The van der Waals surface area contributed by atoms with E-state index in [1.807, 2.05) is 31.2 Å². The van der Waals surface area contributed by atoms with Crippen LogP contribution in [0.4, 0.5) is 0 Å². The fourth-order valence-corrected chi connectivity index (χ4v) is 4.30. The van der Waals surface area contributed by atoms with Crippen molar-refractivity contribution in [3.05, 3.63) is 83.6 Å². The summed E-state index contributed by atoms with van der Waals surface area (Å²) < 4.78 is 12.3. The van der Waals surface area contributed by atoms with Gasteiger partial charge in [0.1, 0.15) is 11.3 Å². The molecule has 0 fully saturated rings. The van der Waals surface area contributed by atoms with E-state index in [9.17, 15) is 0 Å². The van der Waals surface area contributed by atoms with Crippen LogP contribution < -0.4 is 0 Å². The molecule has 150 valence electrons. The molecule has 0 saturated carbocycles. The first-order valence-corrected chi connectivity index (χ1v) is 10.3. The zero-order valence-corrected chi connectivity index (χ0v) is 17.6. The van der Waals surface area contributed by atoms with E-state index in [2.05, 4.69) is 61.3 Å². The number of hydrogen-bond acceptors (Lipinski definition) is 4. The van der Waals surface area contributed by atoms with E-state index in [1.165, 1.54) is 11.1 Å². The van der Waals surface area contributed by atoms with Crippen LogP contribution in [0.15, 0.2) is 75.6 Å². The number of furan rings is 2. The first-order chi connectivity index (χ1) is 15.0. The molecule has 6 rings (SSSR count). The third-order valence-corrected chi connectivity index (χ3v) is 5.67. The maximum atomic E-state index is 6.16. The first-order valence-electron chi connectivity index (χ1n) is 10.3. The number of para-hydroxylation sites is 1. The van der Waals surface area contributed by atoms with Gasteiger partial charge in [0.25, 0.3) is 0 Å². The third kappa shape index (κ3) is 2.91. The lowest BCUT2D eigenvalue weighted by molar-refractivity contribution is 0.618. The van der Waals surface area contributed by atoms with E-state index in [0.29, 0.717) is 11.4 Å². The Hall–Kier alpha value is -3.92. The Kier molecular flexibility index (Phi) is 3.78. The standard InChI is InChI=1S/C27H20N2O2/c1-15-11-16(2)13-19(12-15)24-14-18-8-10-23(29-26(18)30-24)22-6-4-5-20-21-9-7-17(3)28-27(21)31-25(20)22/h4-14H,1-3H3. The SMILES string of the molecule is Cc1cc(C)cc(-c2cc3ccc(-c4cccc5c4oc4nc(C)ccc45)nc3o2)c1. The molecule has 0 unspecified atom stereocenters. The van der Waals surface area contributed by atoms with Crippen molar-refractivity contribution in [2.45, 2.75) is 20.8 Å². The van der Waals surface area contributed by atoms with Crippen molar-refractivity contribution >= 4 is 33.2 Å². The van der Waals surface area contributed by atoms with Crippen molar-refractivity contribution in [1.29, 1.82) is 0 Å². The van der Waals surface area contributed by atoms with Crippen LogP contribution in [0.1, 0.15) is 16.8 Å². The zero-order chi connectivity index (χ0) is 21.1. The van der Waals surface area contributed by atoms with Crippen molar-refractivity contribution in [3.63, 3.8) is 0 Å². The van der Waals surface area contributed by atoms with Gasteiger partial charge in [-0.1, -0.05) is 29.3 Å². The molecule has 31 heavy (non-hydrogen) atoms. The molecule has 0 atom stereocenters. The van der Waals surface area contributed by atoms with Crippen LogP contribution in [0, 0.1) is 20.8 Å². The summed E-state index contributed by atoms with van der Waals surface area (Å²) in [5, 5.41) is 3.03. The van der Waals surface area contributed by atoms with Gasteiger partial charge in [-0.25, -0.2) is 9.97 Å². The largest absolute Gasteiger partial charge is 0.438 e. The summed E-state index contributed by atoms with van der Waals surface area (Å²) in [4.78, 5) is 9.37. The predicted octanol–water partition coefficient (Wildman–Crippen LogP) is 7.38. The highest BCUT2D eigenvalue weighted by molar-refractivity contribution is 6.08. The van der Waals surface area contributed by atoms with E-state index < -0.39 is 0 Å². The number of hydrogen-bond donors (Lipinski definition) is 0. The second-order valence-corrected chi connectivity index (χ2v) is 8.17. The Morgan fingerprint density at radius 3 is 2.35 bits per heavy atom. The summed E-state index contributed by atoms with van der Waals surface area (Å²) in [6.07, 6.45) is 0. The molecule has 4 aromatic heterocycles. The van der Waals surface area contributed by atoms with Crippen LogP contribution in [0.25, 0.3) is 55.7 Å². The minimum absolute atomic E-state index is 0.619. The van der Waals surface area contributed by atoms with Crippen molar-refractivity contribution < 1.29 is 8.83 Å². The number of fused-ring (bicyclic) bond motifs is 4. The summed E-state index contributed by atoms with van der Waals surface area (Å²) in [5.41, 5.74) is 8.24. The Morgan fingerprint density at radius 1 is 0.677 bits per heavy atom. The summed E-state index contributed by atoms with van der Waals surface area (Å²) in [7, 11) is 0. The number of rotatable bonds is 2. The van der Waals surface area contributed by atoms with Crippen molar-refractivity contribution in [1.82, 2.24) is 9.97 Å². The number of benzene rings is 2. The van der Waals surface area contributed by atoms with Crippen LogP contribution in [0.2, 0.25) is 0 Å². The highest BCUT2D eigenvalue weighted by Gasteiger charge is 2.15. The van der Waals surface area contributed by atoms with E-state index in [-0.39, 0.29) is 0 Å². The number of pyridine rings is 2. The second kappa shape index (κ2) is 6.54. The molecule has 0 spiro atoms. The van der Waals surface area contributed by atoms with Crippen LogP contribution in [0.5, 0.6) is 0 Å². The molecular weight excluding hydrogens is 384 g/mol. The van der Waals surface area contributed by atoms with Crippen molar-refractivity contribution in [3.8, 4) is 22.6 Å². The smallest absolute Gasteiger partial charge is 0.227 e. The molecule has 4 heterocycles. The minimum atomic E-state index is 0.619. The maximum Gasteiger partial charge on any atom is 0.227 e. The molecule has 0 aliphatic heterocycles.